The molecule has 2 N–H and O–H groups in total. The summed E-state index contributed by atoms with van der Waals surface area (Å²) in [5.74, 6) is 0.215. The second-order valence-electron chi connectivity index (χ2n) is 6.35. The monoisotopic (exact) mass is 347 g/mol. The number of rotatable bonds is 7. The van der Waals surface area contributed by atoms with Gasteiger partial charge in [0.2, 0.25) is 0 Å². The molecule has 6 heteroatoms. The van der Waals surface area contributed by atoms with Crippen molar-refractivity contribution < 1.29 is 14.3 Å². The Balaban J connectivity index is 1.97. The molecule has 1 heterocycles. The van der Waals surface area contributed by atoms with Gasteiger partial charge in [0.15, 0.2) is 0 Å². The molecule has 1 aliphatic rings. The molecule has 25 heavy (non-hydrogen) atoms. The van der Waals surface area contributed by atoms with Crippen LogP contribution in [-0.4, -0.2) is 56.7 Å². The van der Waals surface area contributed by atoms with Gasteiger partial charge in [0.25, 0.3) is 5.91 Å². The van der Waals surface area contributed by atoms with Crippen LogP contribution in [0.1, 0.15) is 48.0 Å². The lowest BCUT2D eigenvalue weighted by Gasteiger charge is -2.33. The van der Waals surface area contributed by atoms with E-state index in [1.54, 1.807) is 7.11 Å². The molecule has 0 aromatic heterocycles. The highest BCUT2D eigenvalue weighted by atomic mass is 16.5. The third-order valence-corrected chi connectivity index (χ3v) is 4.47. The molecule has 1 fully saturated rings. The van der Waals surface area contributed by atoms with Gasteiger partial charge in [-0.3, -0.25) is 4.79 Å². The minimum absolute atomic E-state index is 0.000703. The van der Waals surface area contributed by atoms with Gasteiger partial charge in [-0.2, -0.15) is 0 Å². The Kier molecular flexibility index (Phi) is 7.73. The molecule has 1 saturated heterocycles. The SMILES string of the molecule is CCNC(=O)N1CCC[C@H](c2cccc(C(=O)NCCCOC)c2)C1. The van der Waals surface area contributed by atoms with Crippen molar-refractivity contribution in [3.8, 4) is 0 Å². The Bertz CT molecular complexity index is 577. The third-order valence-electron chi connectivity index (χ3n) is 4.47. The molecule has 0 radical (unpaired) electrons. The van der Waals surface area contributed by atoms with Crippen LogP contribution < -0.4 is 10.6 Å². The van der Waals surface area contributed by atoms with Crippen molar-refractivity contribution in [1.82, 2.24) is 15.5 Å². The standard InChI is InChI=1S/C19H29N3O3/c1-3-20-19(24)22-11-5-9-17(14-22)15-7-4-8-16(13-15)18(23)21-10-6-12-25-2/h4,7-8,13,17H,3,5-6,9-12,14H2,1-2H3,(H,20,24)(H,21,23)/t17-/m0/s1. The van der Waals surface area contributed by atoms with Crippen LogP contribution >= 0.6 is 0 Å². The second-order valence-corrected chi connectivity index (χ2v) is 6.35. The number of amides is 3. The number of carbonyl (C=O) groups excluding carboxylic acids is 2. The topological polar surface area (TPSA) is 70.7 Å². The van der Waals surface area contributed by atoms with Crippen molar-refractivity contribution in [3.63, 3.8) is 0 Å². The van der Waals surface area contributed by atoms with Gasteiger partial charge in [-0.25, -0.2) is 4.79 Å². The molecular weight excluding hydrogens is 318 g/mol. The Labute approximate surface area is 149 Å². The molecule has 0 unspecified atom stereocenters. The summed E-state index contributed by atoms with van der Waals surface area (Å²) in [6.07, 6.45) is 2.82. The first-order chi connectivity index (χ1) is 12.2. The van der Waals surface area contributed by atoms with E-state index in [0.29, 0.717) is 31.8 Å². The largest absolute Gasteiger partial charge is 0.385 e. The number of nitrogens with zero attached hydrogens (tertiary/aromatic N) is 1. The molecule has 1 aliphatic heterocycles. The molecule has 1 aromatic rings. The Morgan fingerprint density at radius 3 is 2.92 bits per heavy atom. The zero-order chi connectivity index (χ0) is 18.1. The predicted octanol–water partition coefficient (Wildman–Crippen LogP) is 2.36. The van der Waals surface area contributed by atoms with E-state index in [1.807, 2.05) is 36.1 Å². The summed E-state index contributed by atoms with van der Waals surface area (Å²) in [7, 11) is 1.65. The maximum Gasteiger partial charge on any atom is 0.317 e. The fourth-order valence-electron chi connectivity index (χ4n) is 3.15. The molecule has 0 spiro atoms. The van der Waals surface area contributed by atoms with Gasteiger partial charge in [-0.05, 0) is 43.9 Å². The van der Waals surface area contributed by atoms with Crippen LogP contribution in [-0.2, 0) is 4.74 Å². The van der Waals surface area contributed by atoms with E-state index in [-0.39, 0.29) is 17.9 Å². The number of piperidine rings is 1. The quantitative estimate of drug-likeness (QED) is 0.744. The fourth-order valence-corrected chi connectivity index (χ4v) is 3.15. The number of benzene rings is 1. The van der Waals surface area contributed by atoms with Crippen molar-refractivity contribution in [2.75, 3.05) is 39.9 Å². The molecule has 1 atom stereocenters. The number of likely N-dealkylation sites (tertiary alicyclic amines) is 1. The van der Waals surface area contributed by atoms with Crippen molar-refractivity contribution >= 4 is 11.9 Å². The summed E-state index contributed by atoms with van der Waals surface area (Å²) < 4.78 is 4.99. The molecule has 138 valence electrons. The van der Waals surface area contributed by atoms with E-state index < -0.39 is 0 Å². The number of urea groups is 1. The van der Waals surface area contributed by atoms with Crippen molar-refractivity contribution in [1.29, 1.82) is 0 Å². The van der Waals surface area contributed by atoms with Gasteiger partial charge in [0, 0.05) is 51.4 Å². The van der Waals surface area contributed by atoms with Crippen LogP contribution in [0.25, 0.3) is 0 Å². The number of hydrogen-bond acceptors (Lipinski definition) is 3. The van der Waals surface area contributed by atoms with Crippen molar-refractivity contribution in [2.24, 2.45) is 0 Å². The first-order valence-electron chi connectivity index (χ1n) is 9.05. The van der Waals surface area contributed by atoms with Crippen LogP contribution in [0, 0.1) is 0 Å². The highest BCUT2D eigenvalue weighted by Crippen LogP contribution is 2.27. The van der Waals surface area contributed by atoms with E-state index in [9.17, 15) is 9.59 Å². The van der Waals surface area contributed by atoms with Crippen molar-refractivity contribution in [2.45, 2.75) is 32.1 Å². The van der Waals surface area contributed by atoms with E-state index in [4.69, 9.17) is 4.74 Å². The Morgan fingerprint density at radius 1 is 1.32 bits per heavy atom. The van der Waals surface area contributed by atoms with Gasteiger partial charge in [-0.15, -0.1) is 0 Å². The van der Waals surface area contributed by atoms with Crippen LogP contribution in [0.15, 0.2) is 24.3 Å². The molecule has 0 bridgehead atoms. The first kappa shape index (κ1) is 19.2. The summed E-state index contributed by atoms with van der Waals surface area (Å²) in [6, 6.07) is 7.76. The summed E-state index contributed by atoms with van der Waals surface area (Å²) >= 11 is 0. The molecule has 0 saturated carbocycles. The highest BCUT2D eigenvalue weighted by molar-refractivity contribution is 5.94. The zero-order valence-electron chi connectivity index (χ0n) is 15.2. The van der Waals surface area contributed by atoms with Gasteiger partial charge in [-0.1, -0.05) is 12.1 Å². The van der Waals surface area contributed by atoms with Crippen LogP contribution in [0.3, 0.4) is 0 Å². The average Bonchev–Trinajstić information content (AvgIpc) is 2.65. The fraction of sp³-hybridized carbons (Fsp3) is 0.579. The smallest absolute Gasteiger partial charge is 0.317 e. The summed E-state index contributed by atoms with van der Waals surface area (Å²) in [6.45, 7) is 5.29. The van der Waals surface area contributed by atoms with Gasteiger partial charge in [0.05, 0.1) is 0 Å². The lowest BCUT2D eigenvalue weighted by Crippen LogP contribution is -2.44. The minimum Gasteiger partial charge on any atom is -0.385 e. The Morgan fingerprint density at radius 2 is 2.16 bits per heavy atom. The molecule has 1 aromatic carbocycles. The lowest BCUT2D eigenvalue weighted by molar-refractivity contribution is 0.0948. The molecular formula is C19H29N3O3. The van der Waals surface area contributed by atoms with E-state index in [2.05, 4.69) is 10.6 Å². The second kappa shape index (κ2) is 10.0. The van der Waals surface area contributed by atoms with Crippen LogP contribution in [0.2, 0.25) is 0 Å². The normalized spacial score (nSPS) is 17.2. The van der Waals surface area contributed by atoms with Gasteiger partial charge >= 0.3 is 6.03 Å². The molecule has 3 amide bonds. The van der Waals surface area contributed by atoms with E-state index in [0.717, 1.165) is 31.4 Å². The number of ether oxygens (including phenoxy) is 1. The molecule has 0 aliphatic carbocycles. The van der Waals surface area contributed by atoms with E-state index >= 15 is 0 Å². The number of methoxy groups -OCH3 is 1. The summed E-state index contributed by atoms with van der Waals surface area (Å²) in [4.78, 5) is 26.2. The third kappa shape index (κ3) is 5.74. The van der Waals surface area contributed by atoms with Crippen LogP contribution in [0.5, 0.6) is 0 Å². The molecule has 6 nitrogen and oxygen atoms in total. The number of hydrogen-bond donors (Lipinski definition) is 2. The maximum atomic E-state index is 12.3. The predicted molar refractivity (Wildman–Crippen MR) is 97.9 cm³/mol. The number of carbonyl (C=O) groups is 2. The van der Waals surface area contributed by atoms with Crippen molar-refractivity contribution in [3.05, 3.63) is 35.4 Å². The minimum atomic E-state index is -0.0608. The first-order valence-corrected chi connectivity index (χ1v) is 9.05. The average molecular weight is 347 g/mol. The van der Waals surface area contributed by atoms with Crippen LogP contribution in [0.4, 0.5) is 4.79 Å². The highest BCUT2D eigenvalue weighted by Gasteiger charge is 2.24. The number of nitrogens with one attached hydrogen (secondary N) is 2. The summed E-state index contributed by atoms with van der Waals surface area (Å²) in [5, 5.41) is 5.78. The molecule has 2 rings (SSSR count). The lowest BCUT2D eigenvalue weighted by atomic mass is 9.89. The van der Waals surface area contributed by atoms with Gasteiger partial charge < -0.3 is 20.3 Å². The Hall–Kier alpha value is -2.08. The van der Waals surface area contributed by atoms with Gasteiger partial charge in [0.1, 0.15) is 0 Å². The van der Waals surface area contributed by atoms with E-state index in [1.165, 1.54) is 0 Å². The zero-order valence-corrected chi connectivity index (χ0v) is 15.2. The summed E-state index contributed by atoms with van der Waals surface area (Å²) in [5.41, 5.74) is 1.79. The maximum absolute atomic E-state index is 12.3.